The number of rotatable bonds is 4. The Morgan fingerprint density at radius 1 is 1.50 bits per heavy atom. The quantitative estimate of drug-likeness (QED) is 0.511. The summed E-state index contributed by atoms with van der Waals surface area (Å²) in [5.41, 5.74) is 5.41. The fourth-order valence-electron chi connectivity index (χ4n) is 0.481. The van der Waals surface area contributed by atoms with E-state index in [0.29, 0.717) is 11.7 Å². The van der Waals surface area contributed by atoms with Crippen LogP contribution in [0.3, 0.4) is 0 Å². The molecule has 0 aliphatic carbocycles. The zero-order valence-corrected chi connectivity index (χ0v) is 8.67. The van der Waals surface area contributed by atoms with Crippen molar-refractivity contribution in [1.82, 2.24) is 0 Å². The van der Waals surface area contributed by atoms with E-state index >= 15 is 0 Å². The van der Waals surface area contributed by atoms with Gasteiger partial charge >= 0.3 is 5.97 Å². The maximum Gasteiger partial charge on any atom is 0.324 e. The van der Waals surface area contributed by atoms with E-state index in [2.05, 4.69) is 12.6 Å². The number of esters is 1. The Morgan fingerprint density at radius 2 is 2.00 bits per heavy atom. The maximum absolute atomic E-state index is 11.1. The molecule has 0 amide bonds. The Balaban J connectivity index is 3.84. The van der Waals surface area contributed by atoms with Crippen LogP contribution in [-0.2, 0) is 9.53 Å². The van der Waals surface area contributed by atoms with Gasteiger partial charge in [0.15, 0.2) is 0 Å². The summed E-state index contributed by atoms with van der Waals surface area (Å²) in [5, 5.41) is 0. The number of carbonyl (C=O) groups is 1. The van der Waals surface area contributed by atoms with Crippen molar-refractivity contribution in [1.29, 1.82) is 0 Å². The minimum Gasteiger partial charge on any atom is -0.461 e. The summed E-state index contributed by atoms with van der Waals surface area (Å²) in [6.07, 6.45) is -0.0802. The van der Waals surface area contributed by atoms with Crippen LogP contribution in [0.25, 0.3) is 0 Å². The average Bonchev–Trinajstić information content (AvgIpc) is 2.02. The molecular formula is C8H17NO2S. The highest BCUT2D eigenvalue weighted by Crippen LogP contribution is 2.06. The van der Waals surface area contributed by atoms with E-state index in [1.54, 1.807) is 0 Å². The van der Waals surface area contributed by atoms with Crippen LogP contribution in [0.1, 0.15) is 20.8 Å². The molecule has 2 atom stereocenters. The first-order chi connectivity index (χ1) is 5.49. The first-order valence-electron chi connectivity index (χ1n) is 4.06. The lowest BCUT2D eigenvalue weighted by molar-refractivity contribution is -0.151. The van der Waals surface area contributed by atoms with Crippen LogP contribution in [0.4, 0.5) is 0 Å². The van der Waals surface area contributed by atoms with Crippen LogP contribution >= 0.6 is 12.6 Å². The molecule has 0 fully saturated rings. The van der Waals surface area contributed by atoms with E-state index in [9.17, 15) is 4.79 Å². The molecule has 0 spiro atoms. The van der Waals surface area contributed by atoms with Crippen LogP contribution in [0.15, 0.2) is 0 Å². The molecule has 4 heteroatoms. The summed E-state index contributed by atoms with van der Waals surface area (Å²) in [5.74, 6) is 0.274. The number of nitrogens with two attached hydrogens (primary N) is 1. The third-order valence-corrected chi connectivity index (χ3v) is 2.13. The van der Waals surface area contributed by atoms with Crippen molar-refractivity contribution < 1.29 is 9.53 Å². The lowest BCUT2D eigenvalue weighted by atomic mass is 10.1. The summed E-state index contributed by atoms with van der Waals surface area (Å²) in [4.78, 5) is 11.1. The highest BCUT2D eigenvalue weighted by Gasteiger charge is 2.17. The van der Waals surface area contributed by atoms with Crippen LogP contribution in [0.2, 0.25) is 0 Å². The molecule has 72 valence electrons. The van der Waals surface area contributed by atoms with Crippen LogP contribution in [0.5, 0.6) is 0 Å². The second-order valence-corrected chi connectivity index (χ2v) is 3.54. The van der Waals surface area contributed by atoms with Crippen LogP contribution < -0.4 is 5.73 Å². The molecule has 0 bridgehead atoms. The van der Waals surface area contributed by atoms with Crippen molar-refractivity contribution in [2.24, 2.45) is 11.7 Å². The van der Waals surface area contributed by atoms with Gasteiger partial charge < -0.3 is 10.5 Å². The molecule has 0 aromatic rings. The lowest BCUT2D eigenvalue weighted by Gasteiger charge is -2.18. The fourth-order valence-corrected chi connectivity index (χ4v) is 0.630. The zero-order valence-electron chi connectivity index (χ0n) is 7.78. The standard InChI is InChI=1S/C8H17NO2S/c1-5(2)6(3)11-8(10)7(9)4-12/h5-7,12H,4,9H2,1-3H3. The average molecular weight is 191 g/mol. The van der Waals surface area contributed by atoms with Gasteiger partial charge in [-0.05, 0) is 12.8 Å². The summed E-state index contributed by atoms with van der Waals surface area (Å²) in [6, 6.07) is -0.602. The second-order valence-electron chi connectivity index (χ2n) is 3.18. The van der Waals surface area contributed by atoms with Crippen molar-refractivity contribution in [2.45, 2.75) is 32.9 Å². The minimum atomic E-state index is -0.602. The van der Waals surface area contributed by atoms with Crippen LogP contribution in [-0.4, -0.2) is 23.9 Å². The monoisotopic (exact) mass is 191 g/mol. The highest BCUT2D eigenvalue weighted by atomic mass is 32.1. The predicted octanol–water partition coefficient (Wildman–Crippen LogP) is 0.831. The molecule has 3 nitrogen and oxygen atoms in total. The summed E-state index contributed by atoms with van der Waals surface area (Å²) < 4.78 is 5.05. The van der Waals surface area contributed by atoms with Crippen LogP contribution in [0, 0.1) is 5.92 Å². The third-order valence-electron chi connectivity index (χ3n) is 1.74. The van der Waals surface area contributed by atoms with E-state index in [0.717, 1.165) is 0 Å². The molecule has 0 aromatic carbocycles. The number of thiol groups is 1. The highest BCUT2D eigenvalue weighted by molar-refractivity contribution is 7.80. The zero-order chi connectivity index (χ0) is 9.72. The fraction of sp³-hybridized carbons (Fsp3) is 0.875. The van der Waals surface area contributed by atoms with Crippen molar-refractivity contribution in [3.8, 4) is 0 Å². The lowest BCUT2D eigenvalue weighted by Crippen LogP contribution is -2.36. The molecule has 0 saturated carbocycles. The van der Waals surface area contributed by atoms with Crippen molar-refractivity contribution in [2.75, 3.05) is 5.75 Å². The topological polar surface area (TPSA) is 52.3 Å². The van der Waals surface area contributed by atoms with Gasteiger partial charge in [0.1, 0.15) is 12.1 Å². The summed E-state index contributed by atoms with van der Waals surface area (Å²) in [7, 11) is 0. The molecule has 0 aliphatic rings. The molecule has 12 heavy (non-hydrogen) atoms. The first-order valence-corrected chi connectivity index (χ1v) is 4.69. The third kappa shape index (κ3) is 3.97. The van der Waals surface area contributed by atoms with Gasteiger partial charge in [-0.15, -0.1) is 0 Å². The van der Waals surface area contributed by atoms with Crippen molar-refractivity contribution >= 4 is 18.6 Å². The predicted molar refractivity (Wildman–Crippen MR) is 52.2 cm³/mol. The normalized spacial score (nSPS) is 15.8. The smallest absolute Gasteiger partial charge is 0.324 e. The second kappa shape index (κ2) is 5.43. The van der Waals surface area contributed by atoms with Gasteiger partial charge in [-0.2, -0.15) is 12.6 Å². The van der Waals surface area contributed by atoms with E-state index in [4.69, 9.17) is 10.5 Å². The van der Waals surface area contributed by atoms with Gasteiger partial charge in [0, 0.05) is 5.75 Å². The Bertz CT molecular complexity index is 150. The van der Waals surface area contributed by atoms with Gasteiger partial charge in [0.25, 0.3) is 0 Å². The number of hydrogen-bond donors (Lipinski definition) is 2. The van der Waals surface area contributed by atoms with Gasteiger partial charge in [-0.1, -0.05) is 13.8 Å². The molecule has 0 saturated heterocycles. The largest absolute Gasteiger partial charge is 0.461 e. The molecule has 0 aliphatic heterocycles. The molecule has 0 heterocycles. The first kappa shape index (κ1) is 11.8. The molecule has 0 aromatic heterocycles. The summed E-state index contributed by atoms with van der Waals surface area (Å²) in [6.45, 7) is 5.84. The molecule has 0 rings (SSSR count). The maximum atomic E-state index is 11.1. The molecule has 2 unspecified atom stereocenters. The Labute approximate surface area is 79.1 Å². The van der Waals surface area contributed by atoms with Gasteiger partial charge in [-0.3, -0.25) is 4.79 Å². The van der Waals surface area contributed by atoms with Crippen molar-refractivity contribution in [3.05, 3.63) is 0 Å². The molecule has 2 N–H and O–H groups in total. The summed E-state index contributed by atoms with van der Waals surface area (Å²) >= 11 is 3.90. The van der Waals surface area contributed by atoms with E-state index < -0.39 is 6.04 Å². The van der Waals surface area contributed by atoms with Gasteiger partial charge in [-0.25, -0.2) is 0 Å². The van der Waals surface area contributed by atoms with E-state index in [-0.39, 0.29) is 12.1 Å². The Morgan fingerprint density at radius 3 is 2.33 bits per heavy atom. The number of carbonyl (C=O) groups excluding carboxylic acids is 1. The molecular weight excluding hydrogens is 174 g/mol. The number of ether oxygens (including phenoxy) is 1. The SMILES string of the molecule is CC(C)C(C)OC(=O)C(N)CS. The van der Waals surface area contributed by atoms with Gasteiger partial charge in [0.05, 0.1) is 0 Å². The van der Waals surface area contributed by atoms with E-state index in [1.807, 2.05) is 20.8 Å². The Hall–Kier alpha value is -0.220. The number of hydrogen-bond acceptors (Lipinski definition) is 4. The minimum absolute atomic E-state index is 0.0802. The Kier molecular flexibility index (Phi) is 5.33. The molecule has 0 radical (unpaired) electrons. The van der Waals surface area contributed by atoms with Gasteiger partial charge in [0.2, 0.25) is 0 Å². The van der Waals surface area contributed by atoms with E-state index in [1.165, 1.54) is 0 Å². The van der Waals surface area contributed by atoms with Crippen molar-refractivity contribution in [3.63, 3.8) is 0 Å².